The van der Waals surface area contributed by atoms with Gasteiger partial charge in [0.2, 0.25) is 0 Å². The van der Waals surface area contributed by atoms with Gasteiger partial charge >= 0.3 is 0 Å². The molecular weight excluding hydrogens is 258 g/mol. The van der Waals surface area contributed by atoms with Crippen LogP contribution in [0, 0.1) is 6.92 Å². The summed E-state index contributed by atoms with van der Waals surface area (Å²) in [5, 5.41) is 13.7. The van der Waals surface area contributed by atoms with Crippen molar-refractivity contribution in [3.63, 3.8) is 0 Å². The molecule has 2 aromatic carbocycles. The second kappa shape index (κ2) is 4.86. The van der Waals surface area contributed by atoms with Gasteiger partial charge in [0.15, 0.2) is 11.0 Å². The molecule has 3 nitrogen and oxygen atoms in total. The molecule has 0 unspecified atom stereocenters. The Morgan fingerprint density at radius 1 is 0.895 bits per heavy atom. The summed E-state index contributed by atoms with van der Waals surface area (Å²) in [6, 6.07) is 15.9. The molecule has 1 heterocycles. The van der Waals surface area contributed by atoms with E-state index in [0.29, 0.717) is 11.0 Å². The fourth-order valence-electron chi connectivity index (χ4n) is 2.00. The van der Waals surface area contributed by atoms with E-state index in [1.807, 2.05) is 55.5 Å². The average molecular weight is 270 g/mol. The van der Waals surface area contributed by atoms with Gasteiger partial charge in [-0.15, -0.1) is 10.2 Å². The van der Waals surface area contributed by atoms with Crippen molar-refractivity contribution >= 4 is 33.9 Å². The van der Waals surface area contributed by atoms with E-state index in [2.05, 4.69) is 15.5 Å². The third-order valence-corrected chi connectivity index (χ3v) is 3.32. The van der Waals surface area contributed by atoms with Crippen molar-refractivity contribution in [3.05, 3.63) is 59.2 Å². The van der Waals surface area contributed by atoms with Crippen LogP contribution in [0.2, 0.25) is 5.15 Å². The largest absolute Gasteiger partial charge is 0.338 e. The summed E-state index contributed by atoms with van der Waals surface area (Å²) in [6.45, 7) is 2.05. The Hall–Kier alpha value is -2.13. The van der Waals surface area contributed by atoms with E-state index in [-0.39, 0.29) is 0 Å². The van der Waals surface area contributed by atoms with Crippen LogP contribution in [0.15, 0.2) is 48.5 Å². The van der Waals surface area contributed by atoms with Gasteiger partial charge in [-0.2, -0.15) is 0 Å². The number of fused-ring (bicyclic) bond motifs is 1. The summed E-state index contributed by atoms with van der Waals surface area (Å²) in [7, 11) is 0. The fraction of sp³-hybridized carbons (Fsp3) is 0.0667. The van der Waals surface area contributed by atoms with E-state index in [1.54, 1.807) is 0 Å². The lowest BCUT2D eigenvalue weighted by molar-refractivity contribution is 1.05. The maximum Gasteiger partial charge on any atom is 0.161 e. The maximum absolute atomic E-state index is 6.06. The van der Waals surface area contributed by atoms with Gasteiger partial charge in [0.1, 0.15) is 0 Å². The van der Waals surface area contributed by atoms with Crippen molar-refractivity contribution in [1.29, 1.82) is 0 Å². The van der Waals surface area contributed by atoms with Gasteiger partial charge in [-0.05, 0) is 18.6 Å². The third-order valence-electron chi connectivity index (χ3n) is 3.04. The lowest BCUT2D eigenvalue weighted by Gasteiger charge is -2.10. The van der Waals surface area contributed by atoms with E-state index >= 15 is 0 Å². The van der Waals surface area contributed by atoms with E-state index < -0.39 is 0 Å². The van der Waals surface area contributed by atoms with Gasteiger partial charge in [-0.25, -0.2) is 0 Å². The van der Waals surface area contributed by atoms with E-state index in [9.17, 15) is 0 Å². The lowest BCUT2D eigenvalue weighted by Crippen LogP contribution is -1.98. The normalized spacial score (nSPS) is 10.6. The molecule has 0 amide bonds. The Kier molecular flexibility index (Phi) is 3.05. The molecule has 3 aromatic rings. The highest BCUT2D eigenvalue weighted by Gasteiger charge is 2.08. The molecule has 3 rings (SSSR count). The highest BCUT2D eigenvalue weighted by molar-refractivity contribution is 6.34. The van der Waals surface area contributed by atoms with Crippen LogP contribution in [0.4, 0.5) is 11.5 Å². The molecule has 0 aliphatic rings. The Labute approximate surface area is 116 Å². The number of benzene rings is 2. The van der Waals surface area contributed by atoms with Crippen LogP contribution in [-0.4, -0.2) is 10.2 Å². The lowest BCUT2D eigenvalue weighted by atomic mass is 10.1. The monoisotopic (exact) mass is 269 g/mol. The van der Waals surface area contributed by atoms with Crippen molar-refractivity contribution < 1.29 is 0 Å². The molecule has 0 aliphatic heterocycles. The summed E-state index contributed by atoms with van der Waals surface area (Å²) in [4.78, 5) is 0. The molecular formula is C15H12ClN3. The Bertz CT molecular complexity index is 740. The van der Waals surface area contributed by atoms with Crippen LogP contribution in [0.25, 0.3) is 10.8 Å². The topological polar surface area (TPSA) is 37.8 Å². The quantitative estimate of drug-likeness (QED) is 0.752. The molecule has 0 fully saturated rings. The predicted molar refractivity (Wildman–Crippen MR) is 79.0 cm³/mol. The van der Waals surface area contributed by atoms with Gasteiger partial charge in [0.25, 0.3) is 0 Å². The number of nitrogens with one attached hydrogen (secondary N) is 1. The van der Waals surface area contributed by atoms with E-state index in [0.717, 1.165) is 22.0 Å². The number of aryl methyl sites for hydroxylation is 1. The summed E-state index contributed by atoms with van der Waals surface area (Å²) in [5.41, 5.74) is 2.17. The number of para-hydroxylation sites is 1. The van der Waals surface area contributed by atoms with Gasteiger partial charge < -0.3 is 5.32 Å². The van der Waals surface area contributed by atoms with Crippen LogP contribution < -0.4 is 5.32 Å². The number of halogens is 1. The van der Waals surface area contributed by atoms with Gasteiger partial charge in [0.05, 0.1) is 0 Å². The molecule has 0 spiro atoms. The molecule has 19 heavy (non-hydrogen) atoms. The minimum Gasteiger partial charge on any atom is -0.338 e. The molecule has 0 saturated carbocycles. The summed E-state index contributed by atoms with van der Waals surface area (Å²) in [6.07, 6.45) is 0. The van der Waals surface area contributed by atoms with Crippen molar-refractivity contribution in [2.24, 2.45) is 0 Å². The Balaban J connectivity index is 2.12. The fourth-order valence-corrected chi connectivity index (χ4v) is 2.21. The third kappa shape index (κ3) is 2.25. The second-order valence-electron chi connectivity index (χ2n) is 4.32. The molecule has 1 aromatic heterocycles. The molecule has 1 N–H and O–H groups in total. The molecule has 0 bridgehead atoms. The van der Waals surface area contributed by atoms with Crippen LogP contribution in [0.3, 0.4) is 0 Å². The highest BCUT2D eigenvalue weighted by Crippen LogP contribution is 2.28. The van der Waals surface area contributed by atoms with Gasteiger partial charge in [-0.1, -0.05) is 54.1 Å². The van der Waals surface area contributed by atoms with E-state index in [1.165, 1.54) is 0 Å². The first kappa shape index (κ1) is 11.9. The minimum absolute atomic E-state index is 0.422. The number of hydrogen-bond donors (Lipinski definition) is 1. The van der Waals surface area contributed by atoms with Crippen LogP contribution >= 0.6 is 11.6 Å². The van der Waals surface area contributed by atoms with Gasteiger partial charge in [0, 0.05) is 16.5 Å². The minimum atomic E-state index is 0.422. The number of anilines is 2. The number of nitrogens with zero attached hydrogens (tertiary/aromatic N) is 2. The summed E-state index contributed by atoms with van der Waals surface area (Å²) < 4.78 is 0. The van der Waals surface area contributed by atoms with Crippen molar-refractivity contribution in [2.75, 3.05) is 5.32 Å². The zero-order valence-electron chi connectivity index (χ0n) is 10.4. The zero-order chi connectivity index (χ0) is 13.2. The van der Waals surface area contributed by atoms with E-state index in [4.69, 9.17) is 11.6 Å². The van der Waals surface area contributed by atoms with Crippen molar-refractivity contribution in [1.82, 2.24) is 10.2 Å². The molecule has 0 aliphatic carbocycles. The number of rotatable bonds is 2. The smallest absolute Gasteiger partial charge is 0.161 e. The standard InChI is InChI=1S/C15H12ClN3/c1-10-6-2-5-9-13(10)17-15-12-8-4-3-7-11(12)14(16)18-19-15/h2-9H,1H3,(H,17,19). The van der Waals surface area contributed by atoms with Crippen LogP contribution in [0.1, 0.15) is 5.56 Å². The van der Waals surface area contributed by atoms with Crippen LogP contribution in [-0.2, 0) is 0 Å². The Morgan fingerprint density at radius 3 is 2.37 bits per heavy atom. The summed E-state index contributed by atoms with van der Waals surface area (Å²) >= 11 is 6.06. The number of aromatic nitrogens is 2. The maximum atomic E-state index is 6.06. The first-order valence-corrected chi connectivity index (χ1v) is 6.37. The molecule has 4 heteroatoms. The second-order valence-corrected chi connectivity index (χ2v) is 4.68. The molecule has 0 radical (unpaired) electrons. The SMILES string of the molecule is Cc1ccccc1Nc1nnc(Cl)c2ccccc12. The zero-order valence-corrected chi connectivity index (χ0v) is 11.1. The Morgan fingerprint density at radius 2 is 1.58 bits per heavy atom. The first-order valence-electron chi connectivity index (χ1n) is 5.99. The highest BCUT2D eigenvalue weighted by atomic mass is 35.5. The molecule has 0 saturated heterocycles. The predicted octanol–water partition coefficient (Wildman–Crippen LogP) is 4.34. The van der Waals surface area contributed by atoms with Crippen molar-refractivity contribution in [2.45, 2.75) is 6.92 Å². The summed E-state index contributed by atoms with van der Waals surface area (Å²) in [5.74, 6) is 0.717. The molecule has 0 atom stereocenters. The van der Waals surface area contributed by atoms with Crippen molar-refractivity contribution in [3.8, 4) is 0 Å². The van der Waals surface area contributed by atoms with Gasteiger partial charge in [-0.3, -0.25) is 0 Å². The molecule has 94 valence electrons. The first-order chi connectivity index (χ1) is 9.25. The number of hydrogen-bond acceptors (Lipinski definition) is 3. The average Bonchev–Trinajstić information content (AvgIpc) is 2.44. The van der Waals surface area contributed by atoms with Crippen LogP contribution in [0.5, 0.6) is 0 Å².